The molecule has 0 aliphatic heterocycles. The van der Waals surface area contributed by atoms with E-state index in [1.54, 1.807) is 0 Å². The molecule has 2 aromatic carbocycles. The highest BCUT2D eigenvalue weighted by molar-refractivity contribution is 9.10. The maximum atomic E-state index is 5.87. The molecule has 2 nitrogen and oxygen atoms in total. The molecule has 0 heterocycles. The summed E-state index contributed by atoms with van der Waals surface area (Å²) >= 11 is 3.64. The van der Waals surface area contributed by atoms with Crippen molar-refractivity contribution in [2.24, 2.45) is 5.92 Å². The Bertz CT molecular complexity index is 568. The number of benzene rings is 2. The highest BCUT2D eigenvalue weighted by Gasteiger charge is 2.07. The summed E-state index contributed by atoms with van der Waals surface area (Å²) in [5, 5.41) is 5.88. The first-order valence-corrected chi connectivity index (χ1v) is 7.92. The van der Waals surface area contributed by atoms with Gasteiger partial charge in [-0.05, 0) is 45.6 Å². The molecular weight excluding hydrogens is 314 g/mol. The second-order valence-electron chi connectivity index (χ2n) is 5.43. The topological polar surface area (TPSA) is 21.3 Å². The Morgan fingerprint density at radius 2 is 1.85 bits per heavy atom. The lowest BCUT2D eigenvalue weighted by Gasteiger charge is -2.18. The Balaban J connectivity index is 1.95. The third-order valence-corrected chi connectivity index (χ3v) is 4.47. The van der Waals surface area contributed by atoms with Gasteiger partial charge in [0.1, 0.15) is 12.4 Å². The molecule has 0 amide bonds. The Kier molecular flexibility index (Phi) is 5.44. The van der Waals surface area contributed by atoms with Crippen LogP contribution in [0.5, 0.6) is 5.75 Å². The van der Waals surface area contributed by atoms with Gasteiger partial charge in [-0.2, -0.15) is 0 Å². The molecule has 0 aliphatic rings. The van der Waals surface area contributed by atoms with E-state index in [2.05, 4.69) is 60.2 Å². The van der Waals surface area contributed by atoms with Crippen molar-refractivity contribution in [2.75, 3.05) is 13.2 Å². The summed E-state index contributed by atoms with van der Waals surface area (Å²) < 4.78 is 6.90. The van der Waals surface area contributed by atoms with Gasteiger partial charge in [-0.25, -0.2) is 0 Å². The lowest BCUT2D eigenvalue weighted by molar-refractivity contribution is 0.296. The minimum atomic E-state index is 0.513. The predicted octanol–water partition coefficient (Wildman–Crippen LogP) is 4.62. The van der Waals surface area contributed by atoms with E-state index in [0.717, 1.165) is 16.8 Å². The number of fused-ring (bicyclic) bond motifs is 1. The van der Waals surface area contributed by atoms with E-state index in [4.69, 9.17) is 4.74 Å². The van der Waals surface area contributed by atoms with Gasteiger partial charge < -0.3 is 10.1 Å². The second kappa shape index (κ2) is 7.09. The van der Waals surface area contributed by atoms with E-state index in [-0.39, 0.29) is 0 Å². The quantitative estimate of drug-likeness (QED) is 0.778. The van der Waals surface area contributed by atoms with Gasteiger partial charge in [-0.15, -0.1) is 0 Å². The van der Waals surface area contributed by atoms with Gasteiger partial charge in [0, 0.05) is 12.6 Å². The van der Waals surface area contributed by atoms with Crippen LogP contribution in [0.1, 0.15) is 20.8 Å². The molecule has 0 spiro atoms. The molecule has 20 heavy (non-hydrogen) atoms. The van der Waals surface area contributed by atoms with E-state index < -0.39 is 0 Å². The van der Waals surface area contributed by atoms with Crippen molar-refractivity contribution in [2.45, 2.75) is 26.8 Å². The normalized spacial score (nSPS) is 12.8. The Morgan fingerprint density at radius 1 is 1.10 bits per heavy atom. The van der Waals surface area contributed by atoms with Crippen LogP contribution in [0.4, 0.5) is 0 Å². The average molecular weight is 336 g/mol. The van der Waals surface area contributed by atoms with Crippen molar-refractivity contribution < 1.29 is 4.74 Å². The third-order valence-electron chi connectivity index (χ3n) is 3.65. The summed E-state index contributed by atoms with van der Waals surface area (Å²) in [5.74, 6) is 1.55. The zero-order chi connectivity index (χ0) is 14.5. The molecule has 0 fully saturated rings. The van der Waals surface area contributed by atoms with Crippen molar-refractivity contribution in [3.63, 3.8) is 0 Å². The summed E-state index contributed by atoms with van der Waals surface area (Å²) in [7, 11) is 0. The molecular formula is C17H22BrNO. The first kappa shape index (κ1) is 15.3. The highest BCUT2D eigenvalue weighted by atomic mass is 79.9. The number of ether oxygens (including phenoxy) is 1. The molecule has 1 N–H and O–H groups in total. The number of hydrogen-bond acceptors (Lipinski definition) is 2. The van der Waals surface area contributed by atoms with Gasteiger partial charge in [0.15, 0.2) is 0 Å². The summed E-state index contributed by atoms with van der Waals surface area (Å²) in [5.41, 5.74) is 0. The fourth-order valence-corrected chi connectivity index (χ4v) is 2.62. The summed E-state index contributed by atoms with van der Waals surface area (Å²) in [6.07, 6.45) is 0. The summed E-state index contributed by atoms with van der Waals surface area (Å²) in [4.78, 5) is 0. The molecule has 0 aliphatic carbocycles. The molecule has 2 aromatic rings. The van der Waals surface area contributed by atoms with Crippen molar-refractivity contribution in [3.8, 4) is 5.75 Å². The zero-order valence-electron chi connectivity index (χ0n) is 12.3. The molecule has 1 atom stereocenters. The van der Waals surface area contributed by atoms with Gasteiger partial charge in [-0.1, -0.05) is 44.2 Å². The number of nitrogens with one attached hydrogen (secondary N) is 1. The number of halogens is 1. The third kappa shape index (κ3) is 3.74. The van der Waals surface area contributed by atoms with Crippen molar-refractivity contribution in [1.82, 2.24) is 5.32 Å². The zero-order valence-corrected chi connectivity index (χ0v) is 13.9. The van der Waals surface area contributed by atoms with Crippen LogP contribution in [0, 0.1) is 5.92 Å². The fourth-order valence-electron chi connectivity index (χ4n) is 2.01. The molecule has 0 saturated heterocycles. The van der Waals surface area contributed by atoms with Gasteiger partial charge in [0.2, 0.25) is 0 Å². The summed E-state index contributed by atoms with van der Waals surface area (Å²) in [6.45, 7) is 8.18. The fraction of sp³-hybridized carbons (Fsp3) is 0.412. The van der Waals surface area contributed by atoms with E-state index in [0.29, 0.717) is 18.6 Å². The van der Waals surface area contributed by atoms with Crippen LogP contribution in [0.3, 0.4) is 0 Å². The van der Waals surface area contributed by atoms with E-state index in [9.17, 15) is 0 Å². The minimum absolute atomic E-state index is 0.513. The van der Waals surface area contributed by atoms with Crippen LogP contribution in [-0.2, 0) is 0 Å². The second-order valence-corrected chi connectivity index (χ2v) is 6.23. The Morgan fingerprint density at radius 3 is 2.60 bits per heavy atom. The van der Waals surface area contributed by atoms with Crippen LogP contribution in [0.2, 0.25) is 0 Å². The Labute approximate surface area is 129 Å². The predicted molar refractivity (Wildman–Crippen MR) is 89.4 cm³/mol. The summed E-state index contributed by atoms with van der Waals surface area (Å²) in [6, 6.07) is 12.9. The molecule has 2 rings (SSSR count). The van der Waals surface area contributed by atoms with Crippen molar-refractivity contribution in [1.29, 1.82) is 0 Å². The van der Waals surface area contributed by atoms with Crippen molar-refractivity contribution in [3.05, 3.63) is 40.9 Å². The highest BCUT2D eigenvalue weighted by Crippen LogP contribution is 2.32. The maximum Gasteiger partial charge on any atom is 0.134 e. The maximum absolute atomic E-state index is 5.87. The van der Waals surface area contributed by atoms with Gasteiger partial charge in [-0.3, -0.25) is 0 Å². The van der Waals surface area contributed by atoms with Gasteiger partial charge in [0.25, 0.3) is 0 Å². The molecule has 0 aromatic heterocycles. The minimum Gasteiger partial charge on any atom is -0.491 e. The SMILES string of the molecule is CC(C)C(C)NCCOc1ccc2ccccc2c1Br. The van der Waals surface area contributed by atoms with E-state index in [1.165, 1.54) is 10.8 Å². The van der Waals surface area contributed by atoms with Gasteiger partial charge >= 0.3 is 0 Å². The van der Waals surface area contributed by atoms with Crippen LogP contribution in [0.25, 0.3) is 10.8 Å². The smallest absolute Gasteiger partial charge is 0.134 e. The van der Waals surface area contributed by atoms with Crippen LogP contribution < -0.4 is 10.1 Å². The van der Waals surface area contributed by atoms with Crippen LogP contribution in [0.15, 0.2) is 40.9 Å². The monoisotopic (exact) mass is 335 g/mol. The molecule has 108 valence electrons. The molecule has 1 unspecified atom stereocenters. The molecule has 3 heteroatoms. The van der Waals surface area contributed by atoms with Crippen molar-refractivity contribution >= 4 is 26.7 Å². The van der Waals surface area contributed by atoms with Crippen LogP contribution in [-0.4, -0.2) is 19.2 Å². The largest absolute Gasteiger partial charge is 0.491 e. The standard InChI is InChI=1S/C17H22BrNO/c1-12(2)13(3)19-10-11-20-16-9-8-14-6-4-5-7-15(14)17(16)18/h4-9,12-13,19H,10-11H2,1-3H3. The van der Waals surface area contributed by atoms with Gasteiger partial charge in [0.05, 0.1) is 4.47 Å². The Hall–Kier alpha value is -1.06. The average Bonchev–Trinajstić information content (AvgIpc) is 2.45. The molecule has 0 radical (unpaired) electrons. The number of hydrogen-bond donors (Lipinski definition) is 1. The molecule has 0 saturated carbocycles. The lowest BCUT2D eigenvalue weighted by atomic mass is 10.1. The van der Waals surface area contributed by atoms with E-state index in [1.807, 2.05) is 18.2 Å². The van der Waals surface area contributed by atoms with Crippen LogP contribution >= 0.6 is 15.9 Å². The number of rotatable bonds is 6. The lowest BCUT2D eigenvalue weighted by Crippen LogP contribution is -2.33. The molecule has 0 bridgehead atoms. The first-order chi connectivity index (χ1) is 9.59. The first-order valence-electron chi connectivity index (χ1n) is 7.13. The van der Waals surface area contributed by atoms with E-state index >= 15 is 0 Å².